The zero-order valence-corrected chi connectivity index (χ0v) is 18.3. The Balaban J connectivity index is 1.62. The second-order valence-electron chi connectivity index (χ2n) is 9.06. The van der Waals surface area contributed by atoms with Crippen LogP contribution in [0.2, 0.25) is 0 Å². The minimum atomic E-state index is 0.0101. The molecule has 1 N–H and O–H groups in total. The van der Waals surface area contributed by atoms with Crippen LogP contribution in [0.5, 0.6) is 0 Å². The molecule has 1 fully saturated rings. The fraction of sp³-hybridized carbons (Fsp3) is 0.259. The molecule has 5 nitrogen and oxygen atoms in total. The van der Waals surface area contributed by atoms with Crippen molar-refractivity contribution in [2.45, 2.75) is 26.7 Å². The summed E-state index contributed by atoms with van der Waals surface area (Å²) >= 11 is 0. The van der Waals surface area contributed by atoms with E-state index in [9.17, 15) is 4.79 Å². The van der Waals surface area contributed by atoms with Crippen molar-refractivity contribution < 1.29 is 9.32 Å². The van der Waals surface area contributed by atoms with Gasteiger partial charge >= 0.3 is 0 Å². The van der Waals surface area contributed by atoms with Crippen LogP contribution < -0.4 is 10.2 Å². The third-order valence-electron chi connectivity index (χ3n) is 6.79. The highest BCUT2D eigenvalue weighted by Gasteiger charge is 2.34. The number of anilines is 3. The Kier molecular flexibility index (Phi) is 4.32. The third kappa shape index (κ3) is 2.84. The molecule has 0 spiro atoms. The molecule has 0 saturated carbocycles. The van der Waals surface area contributed by atoms with Gasteiger partial charge in [0.25, 0.3) is 0 Å². The van der Waals surface area contributed by atoms with Crippen molar-refractivity contribution in [3.05, 3.63) is 71.3 Å². The highest BCUT2D eigenvalue weighted by Crippen LogP contribution is 2.46. The average molecular weight is 424 g/mol. The van der Waals surface area contributed by atoms with E-state index in [1.165, 1.54) is 6.42 Å². The van der Waals surface area contributed by atoms with Gasteiger partial charge in [-0.25, -0.2) is 0 Å². The quantitative estimate of drug-likeness (QED) is 0.368. The number of aryl methyl sites for hydroxylation is 1. The largest absolute Gasteiger partial charge is 0.369 e. The number of hydrogen-bond acceptors (Lipinski definition) is 5. The molecule has 4 aromatic rings. The van der Waals surface area contributed by atoms with Gasteiger partial charge in [0.1, 0.15) is 5.52 Å². The second-order valence-corrected chi connectivity index (χ2v) is 9.06. The van der Waals surface area contributed by atoms with Gasteiger partial charge in [0.2, 0.25) is 0 Å². The molecule has 1 aliphatic carbocycles. The van der Waals surface area contributed by atoms with E-state index >= 15 is 0 Å². The van der Waals surface area contributed by atoms with Gasteiger partial charge in [0.15, 0.2) is 11.5 Å². The van der Waals surface area contributed by atoms with E-state index < -0.39 is 0 Å². The van der Waals surface area contributed by atoms with Crippen LogP contribution >= 0.6 is 0 Å². The molecule has 2 aliphatic rings. The molecule has 1 atom stereocenters. The first-order valence-corrected chi connectivity index (χ1v) is 11.3. The summed E-state index contributed by atoms with van der Waals surface area (Å²) < 4.78 is 5.90. The molecule has 1 aliphatic heterocycles. The molecular weight excluding hydrogens is 398 g/mol. The van der Waals surface area contributed by atoms with Gasteiger partial charge in [0, 0.05) is 29.9 Å². The number of piperidine rings is 1. The summed E-state index contributed by atoms with van der Waals surface area (Å²) in [6.07, 6.45) is 2.39. The normalized spacial score (nSPS) is 17.5. The van der Waals surface area contributed by atoms with Crippen molar-refractivity contribution >= 4 is 33.7 Å². The Morgan fingerprint density at radius 3 is 2.66 bits per heavy atom. The zero-order chi connectivity index (χ0) is 21.8. The van der Waals surface area contributed by atoms with Crippen LogP contribution in [-0.4, -0.2) is 24.0 Å². The molecule has 5 heteroatoms. The minimum absolute atomic E-state index is 0.0101. The molecule has 0 bridgehead atoms. The Morgan fingerprint density at radius 1 is 1.06 bits per heavy atom. The van der Waals surface area contributed by atoms with Crippen LogP contribution in [-0.2, 0) is 0 Å². The molecule has 1 saturated heterocycles. The maximum absolute atomic E-state index is 13.7. The van der Waals surface area contributed by atoms with Gasteiger partial charge in [-0.3, -0.25) is 4.79 Å². The monoisotopic (exact) mass is 423 g/mol. The number of carbonyl (C=O) groups is 1. The van der Waals surface area contributed by atoms with E-state index in [2.05, 4.69) is 41.4 Å². The summed E-state index contributed by atoms with van der Waals surface area (Å²) in [6.45, 7) is 6.32. The third-order valence-corrected chi connectivity index (χ3v) is 6.79. The number of rotatable bonds is 3. The fourth-order valence-corrected chi connectivity index (χ4v) is 5.15. The van der Waals surface area contributed by atoms with Gasteiger partial charge in [-0.1, -0.05) is 54.5 Å². The first-order valence-electron chi connectivity index (χ1n) is 11.3. The summed E-state index contributed by atoms with van der Waals surface area (Å²) in [6, 6.07) is 17.9. The molecule has 1 aromatic heterocycles. The van der Waals surface area contributed by atoms with Crippen LogP contribution in [0.25, 0.3) is 22.2 Å². The smallest absolute Gasteiger partial charge is 0.196 e. The lowest BCUT2D eigenvalue weighted by Crippen LogP contribution is -2.34. The van der Waals surface area contributed by atoms with Crippen molar-refractivity contribution in [2.75, 3.05) is 23.3 Å². The number of ketones is 1. The summed E-state index contributed by atoms with van der Waals surface area (Å²) in [4.78, 5) is 16.1. The van der Waals surface area contributed by atoms with E-state index in [-0.39, 0.29) is 5.78 Å². The average Bonchev–Trinajstić information content (AvgIpc) is 3.24. The predicted octanol–water partition coefficient (Wildman–Crippen LogP) is 6.33. The van der Waals surface area contributed by atoms with E-state index in [4.69, 9.17) is 4.52 Å². The molecule has 6 rings (SSSR count). The highest BCUT2D eigenvalue weighted by atomic mass is 16.5. The Labute approximate surface area is 187 Å². The van der Waals surface area contributed by atoms with Gasteiger partial charge in [-0.05, 0) is 43.4 Å². The van der Waals surface area contributed by atoms with Crippen molar-refractivity contribution in [3.8, 4) is 11.3 Å². The number of para-hydroxylation sites is 1. The lowest BCUT2D eigenvalue weighted by molar-refractivity contribution is 0.104. The van der Waals surface area contributed by atoms with E-state index in [0.717, 1.165) is 58.6 Å². The van der Waals surface area contributed by atoms with Crippen LogP contribution in [0.1, 0.15) is 41.3 Å². The number of nitrogens with one attached hydrogen (secondary N) is 1. The maximum atomic E-state index is 13.7. The summed E-state index contributed by atoms with van der Waals surface area (Å²) in [5.41, 5.74) is 6.86. The van der Waals surface area contributed by atoms with Gasteiger partial charge in [0.05, 0.1) is 22.3 Å². The van der Waals surface area contributed by atoms with Crippen LogP contribution in [0, 0.1) is 12.8 Å². The number of hydrogen-bond donors (Lipinski definition) is 1. The first-order chi connectivity index (χ1) is 15.6. The Bertz CT molecular complexity index is 1370. The highest BCUT2D eigenvalue weighted by molar-refractivity contribution is 6.28. The molecule has 0 amide bonds. The predicted molar refractivity (Wildman–Crippen MR) is 128 cm³/mol. The first kappa shape index (κ1) is 19.1. The van der Waals surface area contributed by atoms with Crippen LogP contribution in [0.3, 0.4) is 0 Å². The lowest BCUT2D eigenvalue weighted by atomic mass is 9.86. The molecule has 0 unspecified atom stereocenters. The summed E-state index contributed by atoms with van der Waals surface area (Å²) in [5, 5.41) is 8.88. The summed E-state index contributed by atoms with van der Waals surface area (Å²) in [5.74, 6) is 1.31. The van der Waals surface area contributed by atoms with Crippen molar-refractivity contribution in [2.24, 2.45) is 5.92 Å². The molecular formula is C27H25N3O2. The number of carbonyl (C=O) groups excluding carboxylic acids is 1. The standard InChI is InChI=1S/C27H25N3O2/c1-16-8-7-13-30(15-16)22-14-21(28-20-12-6-3-9-17(20)2)23-24-25(22)29-32-27(24)19-11-5-4-10-18(19)26(23)31/h3-6,9-12,14,16,28H,7-8,13,15H2,1-2H3/t16-/m0/s1. The Morgan fingerprint density at radius 2 is 1.84 bits per heavy atom. The lowest BCUT2D eigenvalue weighted by Gasteiger charge is -2.33. The van der Waals surface area contributed by atoms with Crippen LogP contribution in [0.4, 0.5) is 17.1 Å². The number of aromatic nitrogens is 1. The number of fused-ring (bicyclic) bond motifs is 2. The van der Waals surface area contributed by atoms with Crippen molar-refractivity contribution in [1.82, 2.24) is 5.16 Å². The Hall–Kier alpha value is -3.60. The number of benzene rings is 3. The molecule has 32 heavy (non-hydrogen) atoms. The second kappa shape index (κ2) is 7.23. The maximum Gasteiger partial charge on any atom is 0.196 e. The molecule has 2 heterocycles. The zero-order valence-electron chi connectivity index (χ0n) is 18.3. The molecule has 3 aromatic carbocycles. The fourth-order valence-electron chi connectivity index (χ4n) is 5.15. The molecule has 0 radical (unpaired) electrons. The minimum Gasteiger partial charge on any atom is -0.369 e. The van der Waals surface area contributed by atoms with Crippen molar-refractivity contribution in [3.63, 3.8) is 0 Å². The van der Waals surface area contributed by atoms with Gasteiger partial charge in [-0.15, -0.1) is 0 Å². The summed E-state index contributed by atoms with van der Waals surface area (Å²) in [7, 11) is 0. The van der Waals surface area contributed by atoms with Gasteiger partial charge in [-0.2, -0.15) is 0 Å². The topological polar surface area (TPSA) is 58.4 Å². The molecule has 160 valence electrons. The van der Waals surface area contributed by atoms with Gasteiger partial charge < -0.3 is 14.7 Å². The van der Waals surface area contributed by atoms with E-state index in [1.54, 1.807) is 0 Å². The SMILES string of the molecule is Cc1ccccc1Nc1cc(N2CCC[C@H](C)C2)c2noc3c2c1C(=O)c1ccccc1-3. The number of nitrogens with zero attached hydrogens (tertiary/aromatic N) is 2. The van der Waals surface area contributed by atoms with E-state index in [1.807, 2.05) is 42.5 Å². The van der Waals surface area contributed by atoms with Crippen molar-refractivity contribution in [1.29, 1.82) is 0 Å². The van der Waals surface area contributed by atoms with E-state index in [0.29, 0.717) is 22.8 Å². The van der Waals surface area contributed by atoms with Crippen LogP contribution in [0.15, 0.2) is 59.1 Å².